The van der Waals surface area contributed by atoms with Crippen molar-refractivity contribution in [2.45, 2.75) is 133 Å². The summed E-state index contributed by atoms with van der Waals surface area (Å²) in [6, 6.07) is 71.8. The molecule has 0 amide bonds. The molecule has 1 fully saturated rings. The predicted molar refractivity (Wildman–Crippen MR) is 437 cm³/mol. The fourth-order valence-electron chi connectivity index (χ4n) is 12.8. The van der Waals surface area contributed by atoms with Crippen LogP contribution < -0.4 is 56.8 Å². The Hall–Kier alpha value is -11.1. The number of hydrogen-bond donors (Lipinski definition) is 0. The predicted octanol–water partition coefficient (Wildman–Crippen LogP) is 23.4. The van der Waals surface area contributed by atoms with Gasteiger partial charge in [-0.3, -0.25) is 9.59 Å². The number of benzene rings is 11. The van der Waals surface area contributed by atoms with Gasteiger partial charge in [0.2, 0.25) is 0 Å². The summed E-state index contributed by atoms with van der Waals surface area (Å²) in [5.74, 6) is 8.19. The number of carbonyl (C=O) groups is 2. The maximum absolute atomic E-state index is 13.9. The highest BCUT2D eigenvalue weighted by atomic mass is 19.4. The van der Waals surface area contributed by atoms with Gasteiger partial charge in [-0.1, -0.05) is 98.8 Å². The van der Waals surface area contributed by atoms with Gasteiger partial charge in [0.25, 0.3) is 0 Å². The zero-order chi connectivity index (χ0) is 79.8. The Morgan fingerprint density at radius 2 is 0.468 bits per heavy atom. The lowest BCUT2D eigenvalue weighted by molar-refractivity contribution is -0.173. The van der Waals surface area contributed by atoms with E-state index in [0.717, 1.165) is 46.0 Å². The summed E-state index contributed by atoms with van der Waals surface area (Å²) in [7, 11) is 0. The second-order valence-electron chi connectivity index (χ2n) is 26.5. The van der Waals surface area contributed by atoms with Crippen molar-refractivity contribution in [3.05, 3.63) is 253 Å². The van der Waals surface area contributed by atoms with Crippen molar-refractivity contribution in [3.8, 4) is 69.0 Å². The molecule has 17 heteroatoms. The number of fused-ring (bicyclic) bond motifs is 4. The van der Waals surface area contributed by atoms with Crippen molar-refractivity contribution in [2.24, 2.45) is 11.8 Å². The van der Waals surface area contributed by atoms with Crippen LogP contribution in [0.5, 0.6) is 69.0 Å². The first kappa shape index (κ1) is 85.5. The van der Waals surface area contributed by atoms with Crippen LogP contribution in [0.4, 0.5) is 13.2 Å². The maximum Gasteiger partial charge on any atom is 0.402 e. The van der Waals surface area contributed by atoms with E-state index in [2.05, 4.69) is 98.8 Å². The summed E-state index contributed by atoms with van der Waals surface area (Å²) in [4.78, 5) is 24.9. The third-order valence-electron chi connectivity index (χ3n) is 18.7. The van der Waals surface area contributed by atoms with Gasteiger partial charge in [0.05, 0.1) is 77.9 Å². The van der Waals surface area contributed by atoms with Crippen LogP contribution in [0.25, 0.3) is 32.3 Å². The van der Waals surface area contributed by atoms with Crippen LogP contribution in [0.2, 0.25) is 0 Å². The van der Waals surface area contributed by atoms with Crippen molar-refractivity contribution < 1.29 is 79.6 Å². The molecule has 0 aromatic heterocycles. The summed E-state index contributed by atoms with van der Waals surface area (Å²) in [6.45, 7) is 31.4. The Kier molecular flexibility index (Phi) is 33.0. The Morgan fingerprint density at radius 3 is 0.721 bits per heavy atom. The molecule has 0 bridgehead atoms. The van der Waals surface area contributed by atoms with Gasteiger partial charge in [0.1, 0.15) is 74.4 Å². The second-order valence-corrected chi connectivity index (χ2v) is 26.5. The van der Waals surface area contributed by atoms with E-state index >= 15 is 0 Å². The van der Waals surface area contributed by atoms with Crippen molar-refractivity contribution in [1.82, 2.24) is 0 Å². The smallest absolute Gasteiger partial charge is 0.402 e. The molecule has 0 aliphatic heterocycles. The van der Waals surface area contributed by atoms with Crippen LogP contribution in [-0.4, -0.2) is 84.2 Å². The van der Waals surface area contributed by atoms with Gasteiger partial charge in [-0.05, 0) is 302 Å². The summed E-state index contributed by atoms with van der Waals surface area (Å²) >= 11 is 0. The van der Waals surface area contributed by atoms with E-state index < -0.39 is 11.6 Å². The molecular formula is C94H107F3O14. The van der Waals surface area contributed by atoms with Gasteiger partial charge in [0.15, 0.2) is 0 Å². The number of ether oxygens (including phenoxy) is 12. The number of carbonyl (C=O) groups excluding carboxylic acids is 2. The average molecular weight is 1520 g/mol. The molecular weight excluding hydrogens is 1410 g/mol. The first-order chi connectivity index (χ1) is 53.6. The molecule has 0 N–H and O–H groups in total. The molecule has 0 heterocycles. The molecule has 11 aromatic rings. The van der Waals surface area contributed by atoms with Crippen LogP contribution in [0.15, 0.2) is 231 Å². The quantitative estimate of drug-likeness (QED) is 0.0260. The van der Waals surface area contributed by atoms with Crippen LogP contribution >= 0.6 is 0 Å². The number of esters is 2. The molecule has 588 valence electrons. The third-order valence-corrected chi connectivity index (χ3v) is 18.7. The fourth-order valence-corrected chi connectivity index (χ4v) is 12.8. The molecule has 0 spiro atoms. The first-order valence-electron chi connectivity index (χ1n) is 38.5. The number of hydrogen-bond acceptors (Lipinski definition) is 14. The lowest BCUT2D eigenvalue weighted by Crippen LogP contribution is -2.40. The standard InChI is InChI=1S/C24H28O6.C19H21F3O2.C19H24O2.C18H18O2.C14H16O2/c1-3-27-19-9-13-21(14-10-19)29-23(25)17-5-7-18(8-6-17)24(26)30-22-15-11-20(12-16-22)28-4-2;1-4-23-16-10-6-14(7-11-16)18(3,19(20,21)22)15-8-12-17(13-9-15)24-5-2;1-5-20-17-11-7-15(8-12-17)19(3,4)16-9-13-18(14-10-16)21-6-2;1-3-19-15-7-9-17-13(11-15)5-6-14-12-16(20-4-2)8-10-18(14)17;1-3-15-13-7-5-12-10-14(16-4-2)8-6-11(12)9-13/h9-18H,3-8H2,1-2H3;6-13H,4-5H2,1-3H3;7-14H,5-6H2,1-4H3;5-12H,3-4H2,1-2H3;5-10H,3-4H2,1-2H3. The molecule has 0 saturated heterocycles. The van der Waals surface area contributed by atoms with E-state index in [1.54, 1.807) is 72.8 Å². The molecule has 14 nitrogen and oxygen atoms in total. The minimum atomic E-state index is -4.44. The molecule has 1 aliphatic carbocycles. The van der Waals surface area contributed by atoms with Crippen LogP contribution in [0.1, 0.15) is 138 Å². The van der Waals surface area contributed by atoms with Gasteiger partial charge in [-0.25, -0.2) is 0 Å². The molecule has 11 aromatic carbocycles. The van der Waals surface area contributed by atoms with Crippen molar-refractivity contribution in [2.75, 3.05) is 66.1 Å². The Bertz CT molecular complexity index is 4330. The molecule has 0 atom stereocenters. The SMILES string of the molecule is CCOc1ccc(C(C)(C)c2ccc(OCC)cc2)cc1.CCOc1ccc(C(C)(c2ccc(OCC)cc2)C(F)(F)F)cc1.CCOc1ccc(OC(=O)C2CCC(C(=O)Oc3ccc(OCC)cc3)CC2)cc1.CCOc1ccc2c(ccc3cc(OCC)ccc32)c1.CCOc1ccc2cc(OCC)ccc2c1. The van der Waals surface area contributed by atoms with Gasteiger partial charge in [-0.15, -0.1) is 0 Å². The lowest BCUT2D eigenvalue weighted by Gasteiger charge is -2.33. The highest BCUT2D eigenvalue weighted by Crippen LogP contribution is 2.47. The highest BCUT2D eigenvalue weighted by molar-refractivity contribution is 6.08. The zero-order valence-corrected chi connectivity index (χ0v) is 66.3. The van der Waals surface area contributed by atoms with E-state index in [0.29, 0.717) is 115 Å². The fraction of sp³-hybridized carbons (Fsp3) is 0.340. The number of rotatable bonds is 28. The van der Waals surface area contributed by atoms with E-state index in [9.17, 15) is 22.8 Å². The third kappa shape index (κ3) is 24.5. The van der Waals surface area contributed by atoms with Crippen LogP contribution in [-0.2, 0) is 20.4 Å². The van der Waals surface area contributed by atoms with E-state index in [1.807, 2.05) is 118 Å². The van der Waals surface area contributed by atoms with Crippen molar-refractivity contribution in [3.63, 3.8) is 0 Å². The normalized spacial score (nSPS) is 13.2. The summed E-state index contributed by atoms with van der Waals surface area (Å²) in [5.41, 5.74) is 0.730. The highest BCUT2D eigenvalue weighted by Gasteiger charge is 2.53. The average Bonchev–Trinajstić information content (AvgIpc) is 0.759. The van der Waals surface area contributed by atoms with Crippen molar-refractivity contribution >= 4 is 44.3 Å². The first-order valence-corrected chi connectivity index (χ1v) is 38.5. The number of halogens is 3. The largest absolute Gasteiger partial charge is 0.494 e. The minimum Gasteiger partial charge on any atom is -0.494 e. The van der Waals surface area contributed by atoms with Gasteiger partial charge < -0.3 is 56.8 Å². The zero-order valence-electron chi connectivity index (χ0n) is 66.3. The van der Waals surface area contributed by atoms with Crippen LogP contribution in [0.3, 0.4) is 0 Å². The molecule has 0 radical (unpaired) electrons. The van der Waals surface area contributed by atoms with E-state index in [4.69, 9.17) is 56.8 Å². The molecule has 12 rings (SSSR count). The van der Waals surface area contributed by atoms with Gasteiger partial charge in [-0.2, -0.15) is 13.2 Å². The van der Waals surface area contributed by atoms with E-state index in [-0.39, 0.29) is 40.3 Å². The summed E-state index contributed by atoms with van der Waals surface area (Å²) in [6.07, 6.45) is -2.00. The second kappa shape index (κ2) is 42.8. The summed E-state index contributed by atoms with van der Waals surface area (Å²) in [5, 5.41) is 7.24. The number of alkyl halides is 3. The molecule has 1 saturated carbocycles. The van der Waals surface area contributed by atoms with Gasteiger partial charge in [0, 0.05) is 5.41 Å². The lowest BCUT2D eigenvalue weighted by atomic mass is 9.75. The summed E-state index contributed by atoms with van der Waals surface area (Å²) < 4.78 is 107. The molecule has 0 unspecified atom stereocenters. The molecule has 111 heavy (non-hydrogen) atoms. The van der Waals surface area contributed by atoms with Crippen molar-refractivity contribution in [1.29, 1.82) is 0 Å². The Balaban J connectivity index is 0.000000177. The Labute approximate surface area is 652 Å². The van der Waals surface area contributed by atoms with Crippen LogP contribution in [0, 0.1) is 11.8 Å². The molecule has 1 aliphatic rings. The van der Waals surface area contributed by atoms with E-state index in [1.165, 1.54) is 74.6 Å². The minimum absolute atomic E-state index is 0.0461. The monoisotopic (exact) mass is 1520 g/mol. The topological polar surface area (TPSA) is 145 Å². The maximum atomic E-state index is 13.9. The Morgan fingerprint density at radius 1 is 0.270 bits per heavy atom. The van der Waals surface area contributed by atoms with Gasteiger partial charge >= 0.3 is 18.1 Å².